The van der Waals surface area contributed by atoms with E-state index in [0.717, 1.165) is 23.3 Å². The third-order valence-electron chi connectivity index (χ3n) is 4.28. The SMILES string of the molecule is N#CC(N=C(c1ccccc1)c1ccccc1)[C@@H]1C=C[C@H](O)CC1. The van der Waals surface area contributed by atoms with Crippen molar-refractivity contribution in [3.63, 3.8) is 0 Å². The summed E-state index contributed by atoms with van der Waals surface area (Å²) in [5.41, 5.74) is 2.84. The number of hydrogen-bond donors (Lipinski definition) is 1. The number of aliphatic imine (C=N–C) groups is 1. The molecule has 3 rings (SSSR count). The molecule has 24 heavy (non-hydrogen) atoms. The Hall–Kier alpha value is -2.70. The molecule has 0 fully saturated rings. The van der Waals surface area contributed by atoms with Crippen molar-refractivity contribution in [3.8, 4) is 6.07 Å². The molecular formula is C21H20N2O. The molecule has 0 saturated heterocycles. The maximum Gasteiger partial charge on any atom is 0.143 e. The first-order valence-electron chi connectivity index (χ1n) is 8.22. The van der Waals surface area contributed by atoms with Gasteiger partial charge in [-0.1, -0.05) is 72.8 Å². The number of rotatable bonds is 4. The number of hydrogen-bond acceptors (Lipinski definition) is 3. The third-order valence-corrected chi connectivity index (χ3v) is 4.28. The van der Waals surface area contributed by atoms with Crippen molar-refractivity contribution in [2.24, 2.45) is 10.9 Å². The maximum atomic E-state index is 9.63. The van der Waals surface area contributed by atoms with Gasteiger partial charge in [-0.05, 0) is 12.8 Å². The molecule has 0 radical (unpaired) electrons. The number of benzene rings is 2. The van der Waals surface area contributed by atoms with Crippen molar-refractivity contribution >= 4 is 5.71 Å². The molecule has 2 aromatic carbocycles. The quantitative estimate of drug-likeness (QED) is 0.690. The van der Waals surface area contributed by atoms with E-state index in [9.17, 15) is 10.4 Å². The Kier molecular flexibility index (Phi) is 5.20. The lowest BCUT2D eigenvalue weighted by atomic mass is 9.88. The van der Waals surface area contributed by atoms with Crippen LogP contribution in [0.2, 0.25) is 0 Å². The van der Waals surface area contributed by atoms with Crippen LogP contribution in [0.15, 0.2) is 77.8 Å². The largest absolute Gasteiger partial charge is 0.389 e. The van der Waals surface area contributed by atoms with Crippen LogP contribution < -0.4 is 0 Å². The van der Waals surface area contributed by atoms with Crippen LogP contribution >= 0.6 is 0 Å². The van der Waals surface area contributed by atoms with Crippen LogP contribution in [0.25, 0.3) is 0 Å². The van der Waals surface area contributed by atoms with Gasteiger partial charge in [-0.3, -0.25) is 4.99 Å². The summed E-state index contributed by atoms with van der Waals surface area (Å²) in [7, 11) is 0. The summed E-state index contributed by atoms with van der Waals surface area (Å²) >= 11 is 0. The minimum Gasteiger partial charge on any atom is -0.389 e. The lowest BCUT2D eigenvalue weighted by Crippen LogP contribution is -2.23. The molecule has 120 valence electrons. The molecule has 0 heterocycles. The van der Waals surface area contributed by atoms with E-state index in [1.807, 2.05) is 66.7 Å². The number of nitrogens with zero attached hydrogens (tertiary/aromatic N) is 2. The fourth-order valence-electron chi connectivity index (χ4n) is 2.96. The molecule has 0 amide bonds. The molecule has 1 aliphatic rings. The van der Waals surface area contributed by atoms with Gasteiger partial charge < -0.3 is 5.11 Å². The van der Waals surface area contributed by atoms with E-state index in [1.54, 1.807) is 6.08 Å². The summed E-state index contributed by atoms with van der Waals surface area (Å²) in [6.45, 7) is 0. The van der Waals surface area contributed by atoms with Crippen molar-refractivity contribution in [2.75, 3.05) is 0 Å². The molecule has 2 aromatic rings. The second kappa shape index (κ2) is 7.72. The Morgan fingerprint density at radius 2 is 1.54 bits per heavy atom. The summed E-state index contributed by atoms with van der Waals surface area (Å²) < 4.78 is 0. The van der Waals surface area contributed by atoms with Crippen molar-refractivity contribution in [3.05, 3.63) is 83.9 Å². The molecule has 0 saturated carbocycles. The minimum atomic E-state index is -0.454. The van der Waals surface area contributed by atoms with Crippen LogP contribution in [0.5, 0.6) is 0 Å². The molecule has 0 spiro atoms. The standard InChI is InChI=1S/C21H20N2O/c22-15-20(16-11-13-19(24)14-12-16)23-21(17-7-3-1-4-8-17)18-9-5-2-6-10-18/h1-11,13,16,19-20,24H,12,14H2/t16-,19+,20?/m1/s1. The minimum absolute atomic E-state index is 0.0424. The van der Waals surface area contributed by atoms with E-state index in [1.165, 1.54) is 0 Å². The van der Waals surface area contributed by atoms with E-state index >= 15 is 0 Å². The van der Waals surface area contributed by atoms with Gasteiger partial charge in [-0.25, -0.2) is 0 Å². The average molecular weight is 316 g/mol. The van der Waals surface area contributed by atoms with Gasteiger partial charge in [0, 0.05) is 17.0 Å². The number of aliphatic hydroxyl groups excluding tert-OH is 1. The van der Waals surface area contributed by atoms with Crippen molar-refractivity contribution in [1.29, 1.82) is 5.26 Å². The highest BCUT2D eigenvalue weighted by Crippen LogP contribution is 2.24. The van der Waals surface area contributed by atoms with Crippen molar-refractivity contribution in [1.82, 2.24) is 0 Å². The molecule has 1 N–H and O–H groups in total. The smallest absolute Gasteiger partial charge is 0.143 e. The highest BCUT2D eigenvalue weighted by Gasteiger charge is 2.23. The summed E-state index contributed by atoms with van der Waals surface area (Å²) in [6.07, 6.45) is 4.77. The Balaban J connectivity index is 2.00. The van der Waals surface area contributed by atoms with Crippen LogP contribution in [-0.4, -0.2) is 23.0 Å². The number of aliphatic hydroxyl groups is 1. The normalized spacial score (nSPS) is 20.8. The van der Waals surface area contributed by atoms with Gasteiger partial charge in [0.1, 0.15) is 6.04 Å². The Bertz CT molecular complexity index is 718. The highest BCUT2D eigenvalue weighted by atomic mass is 16.3. The van der Waals surface area contributed by atoms with Gasteiger partial charge in [0.25, 0.3) is 0 Å². The maximum absolute atomic E-state index is 9.63. The summed E-state index contributed by atoms with van der Waals surface area (Å²) in [6, 6.07) is 21.8. The Morgan fingerprint density at radius 1 is 0.958 bits per heavy atom. The van der Waals surface area contributed by atoms with E-state index in [2.05, 4.69) is 6.07 Å². The fraction of sp³-hybridized carbons (Fsp3) is 0.238. The van der Waals surface area contributed by atoms with Gasteiger partial charge in [0.2, 0.25) is 0 Å². The molecule has 0 aromatic heterocycles. The van der Waals surface area contributed by atoms with E-state index < -0.39 is 12.1 Å². The predicted molar refractivity (Wildman–Crippen MR) is 95.8 cm³/mol. The first-order valence-corrected chi connectivity index (χ1v) is 8.22. The average Bonchev–Trinajstić information content (AvgIpc) is 2.65. The second-order valence-corrected chi connectivity index (χ2v) is 5.98. The molecule has 0 bridgehead atoms. The van der Waals surface area contributed by atoms with Gasteiger partial charge in [0.15, 0.2) is 0 Å². The molecule has 0 aliphatic heterocycles. The zero-order valence-corrected chi connectivity index (χ0v) is 13.4. The third kappa shape index (κ3) is 3.79. The first kappa shape index (κ1) is 16.2. The molecule has 3 atom stereocenters. The van der Waals surface area contributed by atoms with Gasteiger partial charge in [-0.15, -0.1) is 0 Å². The zero-order valence-electron chi connectivity index (χ0n) is 13.4. The lowest BCUT2D eigenvalue weighted by Gasteiger charge is -2.22. The molecule has 3 nitrogen and oxygen atoms in total. The molecule has 1 unspecified atom stereocenters. The zero-order chi connectivity index (χ0) is 16.8. The predicted octanol–water partition coefficient (Wildman–Crippen LogP) is 3.74. The first-order chi connectivity index (χ1) is 11.8. The van der Waals surface area contributed by atoms with Crippen LogP contribution in [0, 0.1) is 17.2 Å². The van der Waals surface area contributed by atoms with Crippen molar-refractivity contribution in [2.45, 2.75) is 25.0 Å². The molecule has 1 aliphatic carbocycles. The van der Waals surface area contributed by atoms with Gasteiger partial charge >= 0.3 is 0 Å². The van der Waals surface area contributed by atoms with Crippen LogP contribution in [0.3, 0.4) is 0 Å². The van der Waals surface area contributed by atoms with Crippen LogP contribution in [0.1, 0.15) is 24.0 Å². The Labute approximate surface area is 142 Å². The van der Waals surface area contributed by atoms with Crippen molar-refractivity contribution < 1.29 is 5.11 Å². The van der Waals surface area contributed by atoms with Crippen LogP contribution in [-0.2, 0) is 0 Å². The van der Waals surface area contributed by atoms with E-state index in [4.69, 9.17) is 4.99 Å². The number of nitriles is 1. The summed E-state index contributed by atoms with van der Waals surface area (Å²) in [4.78, 5) is 4.81. The molecule has 3 heteroatoms. The lowest BCUT2D eigenvalue weighted by molar-refractivity contribution is 0.193. The van der Waals surface area contributed by atoms with E-state index in [0.29, 0.717) is 6.42 Å². The topological polar surface area (TPSA) is 56.4 Å². The highest BCUT2D eigenvalue weighted by molar-refractivity contribution is 6.13. The Morgan fingerprint density at radius 3 is 2.00 bits per heavy atom. The van der Waals surface area contributed by atoms with Crippen LogP contribution in [0.4, 0.5) is 0 Å². The fourth-order valence-corrected chi connectivity index (χ4v) is 2.96. The van der Waals surface area contributed by atoms with Gasteiger partial charge in [0.05, 0.1) is 17.9 Å². The second-order valence-electron chi connectivity index (χ2n) is 5.98. The summed E-state index contributed by atoms with van der Waals surface area (Å²) in [5.74, 6) is 0.0424. The monoisotopic (exact) mass is 316 g/mol. The summed E-state index contributed by atoms with van der Waals surface area (Å²) in [5, 5.41) is 19.2. The van der Waals surface area contributed by atoms with E-state index in [-0.39, 0.29) is 5.92 Å². The van der Waals surface area contributed by atoms with Gasteiger partial charge in [-0.2, -0.15) is 5.26 Å². The molecular weight excluding hydrogens is 296 g/mol.